The van der Waals surface area contributed by atoms with Crippen molar-refractivity contribution >= 4 is 23.8 Å². The van der Waals surface area contributed by atoms with E-state index in [9.17, 15) is 14.4 Å². The molecule has 0 bridgehead atoms. The van der Waals surface area contributed by atoms with E-state index in [4.69, 9.17) is 9.84 Å². The molecule has 9 heteroatoms. The zero-order valence-corrected chi connectivity index (χ0v) is 15.3. The average Bonchev–Trinajstić information content (AvgIpc) is 3.18. The molecule has 1 atom stereocenters. The second kappa shape index (κ2) is 9.03. The normalized spacial score (nSPS) is 14.1. The van der Waals surface area contributed by atoms with Gasteiger partial charge in [-0.3, -0.25) is 14.5 Å². The van der Waals surface area contributed by atoms with Gasteiger partial charge in [0.05, 0.1) is 6.20 Å². The summed E-state index contributed by atoms with van der Waals surface area (Å²) in [5, 5.41) is 15.7. The Bertz CT molecular complexity index is 836. The summed E-state index contributed by atoms with van der Waals surface area (Å²) in [6, 6.07) is 9.86. The van der Waals surface area contributed by atoms with Crippen LogP contribution in [0.15, 0.2) is 42.6 Å². The van der Waals surface area contributed by atoms with E-state index in [-0.39, 0.29) is 25.4 Å². The van der Waals surface area contributed by atoms with Gasteiger partial charge in [-0.25, -0.2) is 9.48 Å². The number of benzene rings is 1. The van der Waals surface area contributed by atoms with E-state index in [0.29, 0.717) is 18.9 Å². The van der Waals surface area contributed by atoms with Crippen LogP contribution in [0, 0.1) is 0 Å². The summed E-state index contributed by atoms with van der Waals surface area (Å²) in [4.78, 5) is 37.7. The maximum absolute atomic E-state index is 13.0. The number of nitrogens with zero attached hydrogens (tertiary/aromatic N) is 3. The highest BCUT2D eigenvalue weighted by atomic mass is 16.5. The number of nitrogens with one attached hydrogen (secondary N) is 1. The van der Waals surface area contributed by atoms with Crippen LogP contribution in [0.5, 0.6) is 0 Å². The molecule has 1 aliphatic rings. The second-order valence-electron chi connectivity index (χ2n) is 6.45. The minimum absolute atomic E-state index is 0.0285. The third kappa shape index (κ3) is 4.87. The molecule has 1 aliphatic heterocycles. The molecule has 2 aromatic rings. The highest BCUT2D eigenvalue weighted by Gasteiger charge is 2.31. The summed E-state index contributed by atoms with van der Waals surface area (Å²) in [7, 11) is 0. The molecule has 0 spiro atoms. The number of anilines is 1. The smallest absolute Gasteiger partial charge is 0.408 e. The first-order chi connectivity index (χ1) is 13.5. The number of alkyl carbamates (subject to hydrolysis) is 1. The fraction of sp³-hybridized carbons (Fsp3) is 0.368. The topological polar surface area (TPSA) is 114 Å². The van der Waals surface area contributed by atoms with Crippen molar-refractivity contribution in [3.63, 3.8) is 0 Å². The predicted molar refractivity (Wildman–Crippen MR) is 99.6 cm³/mol. The summed E-state index contributed by atoms with van der Waals surface area (Å²) < 4.78 is 6.88. The van der Waals surface area contributed by atoms with Crippen LogP contribution in [0.3, 0.4) is 0 Å². The minimum atomic E-state index is -1.04. The molecule has 0 aliphatic carbocycles. The molecule has 148 valence electrons. The molecule has 0 saturated carbocycles. The van der Waals surface area contributed by atoms with Crippen molar-refractivity contribution in [1.82, 2.24) is 15.1 Å². The van der Waals surface area contributed by atoms with Crippen molar-refractivity contribution in [2.45, 2.75) is 38.5 Å². The Morgan fingerprint density at radius 1 is 1.18 bits per heavy atom. The summed E-state index contributed by atoms with van der Waals surface area (Å²) in [6.07, 6.45) is 1.29. The number of hydrogen-bond donors (Lipinski definition) is 2. The number of carbonyl (C=O) groups is 3. The van der Waals surface area contributed by atoms with Crippen LogP contribution < -0.4 is 10.2 Å². The van der Waals surface area contributed by atoms with Gasteiger partial charge in [-0.05, 0) is 18.4 Å². The molecule has 1 aromatic carbocycles. The number of carboxylic acid groups (broad SMARTS) is 1. The third-order valence-corrected chi connectivity index (χ3v) is 4.44. The van der Waals surface area contributed by atoms with Gasteiger partial charge in [0.1, 0.15) is 18.5 Å². The van der Waals surface area contributed by atoms with Crippen molar-refractivity contribution in [2.75, 3.05) is 11.4 Å². The lowest BCUT2D eigenvalue weighted by atomic mass is 10.1. The predicted octanol–water partition coefficient (Wildman–Crippen LogP) is 1.78. The minimum Gasteiger partial charge on any atom is -0.481 e. The number of aliphatic carboxylic acids is 1. The number of fused-ring (bicyclic) bond motifs is 1. The lowest BCUT2D eigenvalue weighted by molar-refractivity contribution is -0.137. The van der Waals surface area contributed by atoms with Crippen molar-refractivity contribution in [3.8, 4) is 0 Å². The Morgan fingerprint density at radius 3 is 2.71 bits per heavy atom. The standard InChI is InChI=1S/C19H22N4O5/c24-17(25)8-7-15(21-19(27)28-13-14-5-2-1-3-6-14)18(26)22-11-4-12-23-16(22)9-10-20-23/h1-3,5-6,9-10,15H,4,7-8,11-13H2,(H,21,27)(H,24,25)/t15-/m1/s1. The molecule has 9 nitrogen and oxygen atoms in total. The van der Waals surface area contributed by atoms with Gasteiger partial charge in [0.25, 0.3) is 5.91 Å². The molecule has 2 amide bonds. The molecule has 28 heavy (non-hydrogen) atoms. The van der Waals surface area contributed by atoms with Crippen molar-refractivity contribution in [1.29, 1.82) is 0 Å². The zero-order valence-electron chi connectivity index (χ0n) is 15.3. The Hall–Kier alpha value is -3.36. The number of aryl methyl sites for hydroxylation is 1. The second-order valence-corrected chi connectivity index (χ2v) is 6.45. The maximum Gasteiger partial charge on any atom is 0.408 e. The number of hydrogen-bond acceptors (Lipinski definition) is 5. The van der Waals surface area contributed by atoms with E-state index in [0.717, 1.165) is 12.0 Å². The van der Waals surface area contributed by atoms with Gasteiger partial charge < -0.3 is 15.2 Å². The van der Waals surface area contributed by atoms with E-state index in [1.807, 2.05) is 30.3 Å². The molecule has 0 unspecified atom stereocenters. The molecule has 0 fully saturated rings. The maximum atomic E-state index is 13.0. The quantitative estimate of drug-likeness (QED) is 0.750. The molecule has 1 aromatic heterocycles. The van der Waals surface area contributed by atoms with Gasteiger partial charge in [-0.15, -0.1) is 0 Å². The number of amides is 2. The van der Waals surface area contributed by atoms with Gasteiger partial charge in [-0.1, -0.05) is 30.3 Å². The summed E-state index contributed by atoms with van der Waals surface area (Å²) in [5.74, 6) is -0.781. The molecule has 3 rings (SSSR count). The van der Waals surface area contributed by atoms with Gasteiger partial charge in [0.15, 0.2) is 0 Å². The number of aromatic nitrogens is 2. The Morgan fingerprint density at radius 2 is 1.96 bits per heavy atom. The molecule has 2 N–H and O–H groups in total. The SMILES string of the molecule is O=C(O)CC[C@@H](NC(=O)OCc1ccccc1)C(=O)N1CCCn2nccc21. The van der Waals surface area contributed by atoms with E-state index < -0.39 is 18.1 Å². The van der Waals surface area contributed by atoms with Crippen LogP contribution in [0.4, 0.5) is 10.6 Å². The number of carbonyl (C=O) groups excluding carboxylic acids is 2. The van der Waals surface area contributed by atoms with Crippen LogP contribution >= 0.6 is 0 Å². The number of ether oxygens (including phenoxy) is 1. The van der Waals surface area contributed by atoms with E-state index in [1.165, 1.54) is 4.90 Å². The van der Waals surface area contributed by atoms with Gasteiger partial charge in [0.2, 0.25) is 0 Å². The van der Waals surface area contributed by atoms with Crippen LogP contribution in [0.1, 0.15) is 24.8 Å². The lowest BCUT2D eigenvalue weighted by Crippen LogP contribution is -2.51. The Kier molecular flexibility index (Phi) is 6.25. The molecule has 0 radical (unpaired) electrons. The summed E-state index contributed by atoms with van der Waals surface area (Å²) in [5.41, 5.74) is 0.811. The highest BCUT2D eigenvalue weighted by molar-refractivity contribution is 5.98. The molecular weight excluding hydrogens is 364 g/mol. The first kappa shape index (κ1) is 19.4. The third-order valence-electron chi connectivity index (χ3n) is 4.44. The fourth-order valence-electron chi connectivity index (χ4n) is 3.06. The van der Waals surface area contributed by atoms with Gasteiger partial charge in [0, 0.05) is 25.6 Å². The fourth-order valence-corrected chi connectivity index (χ4v) is 3.06. The Labute approximate surface area is 161 Å². The Balaban J connectivity index is 1.66. The zero-order chi connectivity index (χ0) is 19.9. The largest absolute Gasteiger partial charge is 0.481 e. The van der Waals surface area contributed by atoms with Gasteiger partial charge >= 0.3 is 12.1 Å². The first-order valence-electron chi connectivity index (χ1n) is 9.07. The first-order valence-corrected chi connectivity index (χ1v) is 9.07. The molecule has 2 heterocycles. The van der Waals surface area contributed by atoms with E-state index in [2.05, 4.69) is 10.4 Å². The van der Waals surface area contributed by atoms with E-state index >= 15 is 0 Å². The molecular formula is C19H22N4O5. The summed E-state index contributed by atoms with van der Waals surface area (Å²) in [6.45, 7) is 1.25. The number of carboxylic acids is 1. The highest BCUT2D eigenvalue weighted by Crippen LogP contribution is 2.21. The van der Waals surface area contributed by atoms with Crippen molar-refractivity contribution in [3.05, 3.63) is 48.2 Å². The molecule has 0 saturated heterocycles. The van der Waals surface area contributed by atoms with Crippen LogP contribution in [-0.4, -0.2) is 45.4 Å². The lowest BCUT2D eigenvalue weighted by Gasteiger charge is -2.30. The van der Waals surface area contributed by atoms with Crippen LogP contribution in [-0.2, 0) is 27.5 Å². The van der Waals surface area contributed by atoms with Crippen molar-refractivity contribution in [2.24, 2.45) is 0 Å². The van der Waals surface area contributed by atoms with Crippen molar-refractivity contribution < 1.29 is 24.2 Å². The van der Waals surface area contributed by atoms with Crippen LogP contribution in [0.25, 0.3) is 0 Å². The summed E-state index contributed by atoms with van der Waals surface area (Å²) >= 11 is 0. The number of rotatable bonds is 7. The monoisotopic (exact) mass is 386 g/mol. The van der Waals surface area contributed by atoms with E-state index in [1.54, 1.807) is 16.9 Å². The van der Waals surface area contributed by atoms with Crippen LogP contribution in [0.2, 0.25) is 0 Å². The average molecular weight is 386 g/mol. The van der Waals surface area contributed by atoms with Gasteiger partial charge in [-0.2, -0.15) is 5.10 Å².